The lowest BCUT2D eigenvalue weighted by Crippen LogP contribution is -2.34. The lowest BCUT2D eigenvalue weighted by molar-refractivity contribution is -0.126. The third-order valence-electron chi connectivity index (χ3n) is 4.44. The number of halogens is 1. The molecule has 0 unspecified atom stereocenters. The number of aryl methyl sites for hydroxylation is 1. The van der Waals surface area contributed by atoms with Crippen LogP contribution in [0.3, 0.4) is 0 Å². The normalized spacial score (nSPS) is 21.5. The van der Waals surface area contributed by atoms with Crippen molar-refractivity contribution in [3.63, 3.8) is 0 Å². The smallest absolute Gasteiger partial charge is 0.278 e. The molecule has 1 fully saturated rings. The standard InChI is InChI=1S/C19H13ClN2O4/c1-10-2-8-13(9-3-10)22-18(24)14-15(21-26-17(14)19(22)25)16(23)11-4-6-12(20)7-5-11/h2-9,14,17H,1H3/t14-,17-/m1/s1. The van der Waals surface area contributed by atoms with E-state index in [1.54, 1.807) is 48.5 Å². The van der Waals surface area contributed by atoms with E-state index in [2.05, 4.69) is 5.16 Å². The zero-order chi connectivity index (χ0) is 18.4. The number of carbonyl (C=O) groups is 3. The Bertz CT molecular complexity index is 951. The highest BCUT2D eigenvalue weighted by molar-refractivity contribution is 6.52. The molecule has 130 valence electrons. The van der Waals surface area contributed by atoms with Gasteiger partial charge in [-0.25, -0.2) is 4.90 Å². The van der Waals surface area contributed by atoms with Gasteiger partial charge in [0, 0.05) is 10.6 Å². The molecule has 7 heteroatoms. The van der Waals surface area contributed by atoms with Crippen LogP contribution in [0.25, 0.3) is 0 Å². The van der Waals surface area contributed by atoms with E-state index < -0.39 is 29.6 Å². The van der Waals surface area contributed by atoms with Crippen LogP contribution < -0.4 is 4.90 Å². The largest absolute Gasteiger partial charge is 0.381 e. The monoisotopic (exact) mass is 368 g/mol. The maximum Gasteiger partial charge on any atom is 0.278 e. The average molecular weight is 369 g/mol. The number of fused-ring (bicyclic) bond motifs is 1. The molecule has 2 aliphatic rings. The first-order valence-corrected chi connectivity index (χ1v) is 8.33. The van der Waals surface area contributed by atoms with Gasteiger partial charge in [-0.05, 0) is 43.3 Å². The molecule has 0 aliphatic carbocycles. The molecule has 0 bridgehead atoms. The summed E-state index contributed by atoms with van der Waals surface area (Å²) in [5.41, 5.74) is 1.71. The van der Waals surface area contributed by atoms with Gasteiger partial charge in [-0.2, -0.15) is 0 Å². The van der Waals surface area contributed by atoms with Gasteiger partial charge in [0.1, 0.15) is 11.6 Å². The first-order chi connectivity index (χ1) is 12.5. The van der Waals surface area contributed by atoms with E-state index in [-0.39, 0.29) is 5.71 Å². The Morgan fingerprint density at radius 1 is 1.04 bits per heavy atom. The quantitative estimate of drug-likeness (QED) is 0.616. The summed E-state index contributed by atoms with van der Waals surface area (Å²) >= 11 is 5.83. The van der Waals surface area contributed by atoms with Crippen LogP contribution in [0.2, 0.25) is 5.02 Å². The molecule has 2 aromatic carbocycles. The van der Waals surface area contributed by atoms with E-state index in [9.17, 15) is 14.4 Å². The molecular formula is C19H13ClN2O4. The van der Waals surface area contributed by atoms with Crippen LogP contribution in [-0.2, 0) is 14.4 Å². The minimum absolute atomic E-state index is 0.0646. The number of carbonyl (C=O) groups excluding carboxylic acids is 3. The fraction of sp³-hybridized carbons (Fsp3) is 0.158. The van der Waals surface area contributed by atoms with Crippen molar-refractivity contribution in [2.75, 3.05) is 4.90 Å². The molecule has 2 amide bonds. The van der Waals surface area contributed by atoms with Crippen LogP contribution in [0.4, 0.5) is 5.69 Å². The van der Waals surface area contributed by atoms with Gasteiger partial charge in [0.05, 0.1) is 5.69 Å². The first kappa shape index (κ1) is 16.5. The number of imide groups is 1. The molecule has 1 saturated heterocycles. The third kappa shape index (κ3) is 2.50. The summed E-state index contributed by atoms with van der Waals surface area (Å²) in [7, 11) is 0. The number of rotatable bonds is 3. The molecule has 2 atom stereocenters. The van der Waals surface area contributed by atoms with Crippen molar-refractivity contribution < 1.29 is 19.2 Å². The minimum Gasteiger partial charge on any atom is -0.381 e. The second-order valence-electron chi connectivity index (χ2n) is 6.16. The van der Waals surface area contributed by atoms with E-state index in [4.69, 9.17) is 16.4 Å². The Morgan fingerprint density at radius 2 is 1.69 bits per heavy atom. The number of amides is 2. The van der Waals surface area contributed by atoms with Gasteiger partial charge < -0.3 is 4.84 Å². The van der Waals surface area contributed by atoms with Gasteiger partial charge in [0.25, 0.3) is 5.91 Å². The fourth-order valence-corrected chi connectivity index (χ4v) is 3.19. The van der Waals surface area contributed by atoms with Crippen molar-refractivity contribution in [3.8, 4) is 0 Å². The van der Waals surface area contributed by atoms with Gasteiger partial charge >= 0.3 is 0 Å². The predicted molar refractivity (Wildman–Crippen MR) is 95.3 cm³/mol. The van der Waals surface area contributed by atoms with Crippen LogP contribution in [0.1, 0.15) is 15.9 Å². The number of hydrogen-bond acceptors (Lipinski definition) is 5. The Hall–Kier alpha value is -2.99. The Morgan fingerprint density at radius 3 is 2.35 bits per heavy atom. The number of oxime groups is 1. The van der Waals surface area contributed by atoms with E-state index in [1.165, 1.54) is 0 Å². The number of benzene rings is 2. The second-order valence-corrected chi connectivity index (χ2v) is 6.60. The average Bonchev–Trinajstić information content (AvgIpc) is 3.17. The van der Waals surface area contributed by atoms with E-state index in [0.29, 0.717) is 16.3 Å². The van der Waals surface area contributed by atoms with Gasteiger partial charge in [0.15, 0.2) is 0 Å². The van der Waals surface area contributed by atoms with Gasteiger partial charge in [0.2, 0.25) is 17.8 Å². The van der Waals surface area contributed by atoms with Crippen molar-refractivity contribution in [1.29, 1.82) is 0 Å². The summed E-state index contributed by atoms with van der Waals surface area (Å²) in [6, 6.07) is 13.2. The zero-order valence-corrected chi connectivity index (χ0v) is 14.4. The maximum absolute atomic E-state index is 12.9. The Kier molecular flexibility index (Phi) is 3.85. The molecule has 0 N–H and O–H groups in total. The van der Waals surface area contributed by atoms with Crippen molar-refractivity contribution in [2.24, 2.45) is 11.1 Å². The van der Waals surface area contributed by atoms with Gasteiger partial charge in [-0.1, -0.05) is 34.5 Å². The number of ketones is 1. The summed E-state index contributed by atoms with van der Waals surface area (Å²) in [6.07, 6.45) is -1.10. The highest BCUT2D eigenvalue weighted by Gasteiger charge is 2.57. The highest BCUT2D eigenvalue weighted by atomic mass is 35.5. The summed E-state index contributed by atoms with van der Waals surface area (Å²) in [5, 5.41) is 4.22. The van der Waals surface area contributed by atoms with Gasteiger partial charge in [-0.15, -0.1) is 0 Å². The van der Waals surface area contributed by atoms with Crippen LogP contribution in [0, 0.1) is 12.8 Å². The van der Waals surface area contributed by atoms with E-state index >= 15 is 0 Å². The number of anilines is 1. The topological polar surface area (TPSA) is 76.0 Å². The molecule has 6 nitrogen and oxygen atoms in total. The summed E-state index contributed by atoms with van der Waals surface area (Å²) < 4.78 is 0. The molecule has 0 saturated carbocycles. The van der Waals surface area contributed by atoms with E-state index in [1.807, 2.05) is 6.92 Å². The van der Waals surface area contributed by atoms with Crippen molar-refractivity contribution in [2.45, 2.75) is 13.0 Å². The lowest BCUT2D eigenvalue weighted by atomic mass is 9.93. The number of hydrogen-bond donors (Lipinski definition) is 0. The minimum atomic E-state index is -1.10. The SMILES string of the molecule is Cc1ccc(N2C(=O)[C@@H]3C(C(=O)c4ccc(Cl)cc4)=NO[C@H]3C2=O)cc1. The third-order valence-corrected chi connectivity index (χ3v) is 4.70. The first-order valence-electron chi connectivity index (χ1n) is 7.96. The summed E-state index contributed by atoms with van der Waals surface area (Å²) in [6.45, 7) is 1.91. The molecule has 26 heavy (non-hydrogen) atoms. The Balaban J connectivity index is 1.65. The Labute approximate surface area is 154 Å². The van der Waals surface area contributed by atoms with Crippen LogP contribution >= 0.6 is 11.6 Å². The van der Waals surface area contributed by atoms with Crippen LogP contribution in [0.5, 0.6) is 0 Å². The maximum atomic E-state index is 12.9. The van der Waals surface area contributed by atoms with Crippen LogP contribution in [0.15, 0.2) is 53.7 Å². The predicted octanol–water partition coefficient (Wildman–Crippen LogP) is 2.78. The summed E-state index contributed by atoms with van der Waals surface area (Å²) in [4.78, 5) is 44.4. The van der Waals surface area contributed by atoms with Crippen molar-refractivity contribution >= 4 is 40.6 Å². The highest BCUT2D eigenvalue weighted by Crippen LogP contribution is 2.34. The molecule has 0 radical (unpaired) electrons. The van der Waals surface area contributed by atoms with Crippen molar-refractivity contribution in [3.05, 3.63) is 64.7 Å². The molecular weight excluding hydrogens is 356 g/mol. The van der Waals surface area contributed by atoms with Crippen LogP contribution in [-0.4, -0.2) is 29.4 Å². The van der Waals surface area contributed by atoms with E-state index in [0.717, 1.165) is 10.5 Å². The molecule has 2 aromatic rings. The number of nitrogens with zero attached hydrogens (tertiary/aromatic N) is 2. The lowest BCUT2D eigenvalue weighted by Gasteiger charge is -2.15. The fourth-order valence-electron chi connectivity index (χ4n) is 3.06. The number of Topliss-reactive ketones (excluding diaryl/α,β-unsaturated/α-hetero) is 1. The molecule has 4 rings (SSSR count). The summed E-state index contributed by atoms with van der Waals surface area (Å²) in [5.74, 6) is -2.53. The second kappa shape index (κ2) is 6.07. The zero-order valence-electron chi connectivity index (χ0n) is 13.7. The van der Waals surface area contributed by atoms with Crippen molar-refractivity contribution in [1.82, 2.24) is 0 Å². The van der Waals surface area contributed by atoms with Gasteiger partial charge in [-0.3, -0.25) is 14.4 Å². The molecule has 0 spiro atoms. The molecule has 2 heterocycles. The molecule has 2 aliphatic heterocycles. The molecule has 0 aromatic heterocycles.